The first-order valence-electron chi connectivity index (χ1n) is 7.33. The molecule has 1 aromatic carbocycles. The van der Waals surface area contributed by atoms with Gasteiger partial charge in [-0.3, -0.25) is 4.90 Å². The normalized spacial score (nSPS) is 11.2. The highest BCUT2D eigenvalue weighted by molar-refractivity contribution is 7.13. The summed E-state index contributed by atoms with van der Waals surface area (Å²) in [6.07, 6.45) is 0.835. The summed E-state index contributed by atoms with van der Waals surface area (Å²) in [4.78, 5) is 6.82. The Bertz CT molecular complexity index is 539. The maximum absolute atomic E-state index is 9.03. The van der Waals surface area contributed by atoms with Crippen LogP contribution in [0.4, 0.5) is 0 Å². The first kappa shape index (κ1) is 16.1. The number of aliphatic hydroxyl groups excluding tert-OH is 1. The number of likely N-dealkylation sites (N-methyl/N-ethyl adjacent to an activating group) is 1. The Hall–Kier alpha value is -1.27. The molecule has 0 bridgehead atoms. The van der Waals surface area contributed by atoms with E-state index >= 15 is 0 Å². The highest BCUT2D eigenvalue weighted by Crippen LogP contribution is 2.24. The van der Waals surface area contributed by atoms with Crippen molar-refractivity contribution in [1.29, 1.82) is 0 Å². The average molecular weight is 305 g/mol. The third-order valence-corrected chi connectivity index (χ3v) is 4.36. The second-order valence-electron chi connectivity index (χ2n) is 4.97. The Labute approximate surface area is 130 Å². The van der Waals surface area contributed by atoms with Crippen LogP contribution in [0.1, 0.15) is 18.2 Å². The van der Waals surface area contributed by atoms with Crippen LogP contribution in [0.5, 0.6) is 0 Å². The molecule has 5 heteroatoms. The highest BCUT2D eigenvalue weighted by Gasteiger charge is 2.06. The summed E-state index contributed by atoms with van der Waals surface area (Å²) in [6, 6.07) is 8.51. The smallest absolute Gasteiger partial charge is 0.123 e. The first-order valence-corrected chi connectivity index (χ1v) is 8.21. The zero-order chi connectivity index (χ0) is 15.1. The standard InChI is InChI=1S/C16H23N3OS/c1-2-19(9-10-20)11-13-3-5-14(6-4-13)16-18-15(7-8-17)12-21-16/h3-6,12,20H,2,7-11,17H2,1H3. The van der Waals surface area contributed by atoms with Gasteiger partial charge in [-0.1, -0.05) is 31.2 Å². The van der Waals surface area contributed by atoms with Crippen molar-refractivity contribution < 1.29 is 5.11 Å². The Morgan fingerprint density at radius 2 is 2.05 bits per heavy atom. The fourth-order valence-electron chi connectivity index (χ4n) is 2.20. The molecule has 21 heavy (non-hydrogen) atoms. The molecule has 0 aliphatic heterocycles. The fraction of sp³-hybridized carbons (Fsp3) is 0.438. The van der Waals surface area contributed by atoms with Crippen molar-refractivity contribution in [2.24, 2.45) is 5.73 Å². The third kappa shape index (κ3) is 4.61. The molecule has 1 aromatic heterocycles. The van der Waals surface area contributed by atoms with E-state index in [1.165, 1.54) is 5.56 Å². The van der Waals surface area contributed by atoms with Crippen molar-refractivity contribution in [3.63, 3.8) is 0 Å². The van der Waals surface area contributed by atoms with Gasteiger partial charge in [0, 0.05) is 30.5 Å². The van der Waals surface area contributed by atoms with E-state index in [2.05, 4.69) is 46.5 Å². The molecule has 0 amide bonds. The minimum atomic E-state index is 0.203. The number of aromatic nitrogens is 1. The number of aliphatic hydroxyl groups is 1. The lowest BCUT2D eigenvalue weighted by Gasteiger charge is -2.19. The molecule has 0 fully saturated rings. The lowest BCUT2D eigenvalue weighted by molar-refractivity contribution is 0.197. The maximum Gasteiger partial charge on any atom is 0.123 e. The zero-order valence-electron chi connectivity index (χ0n) is 12.5. The minimum absolute atomic E-state index is 0.203. The van der Waals surface area contributed by atoms with Crippen LogP contribution in [0.3, 0.4) is 0 Å². The highest BCUT2D eigenvalue weighted by atomic mass is 32.1. The largest absolute Gasteiger partial charge is 0.395 e. The second kappa shape index (κ2) is 8.24. The number of rotatable bonds is 8. The average Bonchev–Trinajstić information content (AvgIpc) is 2.96. The quantitative estimate of drug-likeness (QED) is 0.784. The molecule has 0 saturated carbocycles. The molecule has 0 radical (unpaired) electrons. The van der Waals surface area contributed by atoms with Crippen LogP contribution in [0.2, 0.25) is 0 Å². The summed E-state index contributed by atoms with van der Waals surface area (Å²) >= 11 is 1.66. The molecule has 0 saturated heterocycles. The van der Waals surface area contributed by atoms with Crippen molar-refractivity contribution in [2.75, 3.05) is 26.2 Å². The Morgan fingerprint density at radius 3 is 2.67 bits per heavy atom. The summed E-state index contributed by atoms with van der Waals surface area (Å²) in [5.41, 5.74) is 9.03. The van der Waals surface area contributed by atoms with Gasteiger partial charge in [-0.05, 0) is 18.7 Å². The summed E-state index contributed by atoms with van der Waals surface area (Å²) in [6.45, 7) is 5.48. The molecule has 0 atom stereocenters. The lowest BCUT2D eigenvalue weighted by atomic mass is 10.1. The topological polar surface area (TPSA) is 62.4 Å². The molecular formula is C16H23N3OS. The number of hydrogen-bond donors (Lipinski definition) is 2. The molecule has 0 unspecified atom stereocenters. The molecular weight excluding hydrogens is 282 g/mol. The molecule has 0 aliphatic rings. The third-order valence-electron chi connectivity index (χ3n) is 3.42. The van der Waals surface area contributed by atoms with E-state index in [0.29, 0.717) is 13.1 Å². The van der Waals surface area contributed by atoms with Gasteiger partial charge in [0.25, 0.3) is 0 Å². The van der Waals surface area contributed by atoms with Crippen molar-refractivity contribution in [1.82, 2.24) is 9.88 Å². The molecule has 2 aromatic rings. The molecule has 0 aliphatic carbocycles. The second-order valence-corrected chi connectivity index (χ2v) is 5.83. The van der Waals surface area contributed by atoms with Crippen molar-refractivity contribution in [3.05, 3.63) is 40.9 Å². The Balaban J connectivity index is 2.03. The zero-order valence-corrected chi connectivity index (χ0v) is 13.3. The van der Waals surface area contributed by atoms with Gasteiger partial charge in [0.05, 0.1) is 12.3 Å². The summed E-state index contributed by atoms with van der Waals surface area (Å²) < 4.78 is 0. The Kier molecular flexibility index (Phi) is 6.32. The van der Waals surface area contributed by atoms with E-state index in [1.807, 2.05) is 0 Å². The molecule has 3 N–H and O–H groups in total. The minimum Gasteiger partial charge on any atom is -0.395 e. The van der Waals surface area contributed by atoms with Crippen molar-refractivity contribution >= 4 is 11.3 Å². The summed E-state index contributed by atoms with van der Waals surface area (Å²) in [5, 5.41) is 12.2. The number of hydrogen-bond acceptors (Lipinski definition) is 5. The van der Waals surface area contributed by atoms with Crippen molar-refractivity contribution in [2.45, 2.75) is 19.9 Å². The number of benzene rings is 1. The predicted molar refractivity (Wildman–Crippen MR) is 88.3 cm³/mol. The van der Waals surface area contributed by atoms with Crippen LogP contribution < -0.4 is 5.73 Å². The molecule has 114 valence electrons. The van der Waals surface area contributed by atoms with Crippen LogP contribution in [0, 0.1) is 0 Å². The summed E-state index contributed by atoms with van der Waals surface area (Å²) in [5.74, 6) is 0. The van der Waals surface area contributed by atoms with E-state index in [0.717, 1.165) is 35.8 Å². The maximum atomic E-state index is 9.03. The van der Waals surface area contributed by atoms with Gasteiger partial charge in [-0.25, -0.2) is 4.98 Å². The van der Waals surface area contributed by atoms with E-state index in [1.54, 1.807) is 11.3 Å². The fourth-order valence-corrected chi connectivity index (χ4v) is 3.06. The van der Waals surface area contributed by atoms with Crippen LogP contribution in [0.15, 0.2) is 29.6 Å². The van der Waals surface area contributed by atoms with Gasteiger partial charge in [0.15, 0.2) is 0 Å². The molecule has 4 nitrogen and oxygen atoms in total. The van der Waals surface area contributed by atoms with E-state index in [-0.39, 0.29) is 6.61 Å². The first-order chi connectivity index (χ1) is 10.3. The van der Waals surface area contributed by atoms with E-state index in [9.17, 15) is 0 Å². The van der Waals surface area contributed by atoms with Crippen LogP contribution in [-0.2, 0) is 13.0 Å². The van der Waals surface area contributed by atoms with Gasteiger partial charge in [0.1, 0.15) is 5.01 Å². The van der Waals surface area contributed by atoms with Gasteiger partial charge in [-0.2, -0.15) is 0 Å². The SMILES string of the molecule is CCN(CCO)Cc1ccc(-c2nc(CCN)cs2)cc1. The van der Waals surface area contributed by atoms with Crippen molar-refractivity contribution in [3.8, 4) is 10.6 Å². The molecule has 0 spiro atoms. The molecule has 1 heterocycles. The molecule has 2 rings (SSSR count). The lowest BCUT2D eigenvalue weighted by Crippen LogP contribution is -2.25. The van der Waals surface area contributed by atoms with E-state index in [4.69, 9.17) is 10.8 Å². The van der Waals surface area contributed by atoms with Crippen LogP contribution in [0.25, 0.3) is 10.6 Å². The number of nitrogens with two attached hydrogens (primary N) is 1. The van der Waals surface area contributed by atoms with E-state index < -0.39 is 0 Å². The monoisotopic (exact) mass is 305 g/mol. The van der Waals surface area contributed by atoms with Gasteiger partial charge in [0.2, 0.25) is 0 Å². The summed E-state index contributed by atoms with van der Waals surface area (Å²) in [7, 11) is 0. The Morgan fingerprint density at radius 1 is 1.29 bits per heavy atom. The van der Waals surface area contributed by atoms with Gasteiger partial charge >= 0.3 is 0 Å². The number of nitrogens with zero attached hydrogens (tertiary/aromatic N) is 2. The van der Waals surface area contributed by atoms with Gasteiger partial charge in [-0.15, -0.1) is 11.3 Å². The predicted octanol–water partition coefficient (Wildman–Crippen LogP) is 2.13. The van der Waals surface area contributed by atoms with Crippen LogP contribution >= 0.6 is 11.3 Å². The number of thiazole rings is 1. The van der Waals surface area contributed by atoms with Crippen LogP contribution in [-0.4, -0.2) is 41.2 Å². The van der Waals surface area contributed by atoms with Gasteiger partial charge < -0.3 is 10.8 Å².